The summed E-state index contributed by atoms with van der Waals surface area (Å²) < 4.78 is 14.6. The first-order chi connectivity index (χ1) is 12.8. The molecule has 0 aromatic heterocycles. The second kappa shape index (κ2) is 8.04. The van der Waals surface area contributed by atoms with Gasteiger partial charge in [0.2, 0.25) is 11.8 Å². The van der Waals surface area contributed by atoms with E-state index in [1.54, 1.807) is 19.1 Å². The Morgan fingerprint density at radius 1 is 1.30 bits per heavy atom. The molecule has 146 valence electrons. The van der Waals surface area contributed by atoms with Crippen LogP contribution in [0.15, 0.2) is 18.2 Å². The van der Waals surface area contributed by atoms with Crippen LogP contribution >= 0.6 is 0 Å². The molecule has 7 nitrogen and oxygen atoms in total. The van der Waals surface area contributed by atoms with Crippen molar-refractivity contribution in [1.29, 1.82) is 0 Å². The number of amides is 2. The molecule has 2 aliphatic heterocycles. The van der Waals surface area contributed by atoms with Crippen molar-refractivity contribution in [3.8, 4) is 0 Å². The van der Waals surface area contributed by atoms with Gasteiger partial charge in [-0.1, -0.05) is 6.07 Å². The van der Waals surface area contributed by atoms with E-state index < -0.39 is 24.0 Å². The number of carbonyl (C=O) groups is 3. The normalized spacial score (nSPS) is 23.0. The molecule has 2 atom stereocenters. The summed E-state index contributed by atoms with van der Waals surface area (Å²) in [6, 6.07) is 3.77. The van der Waals surface area contributed by atoms with Crippen molar-refractivity contribution in [3.05, 3.63) is 29.6 Å². The first-order valence-corrected chi connectivity index (χ1v) is 9.21. The van der Waals surface area contributed by atoms with Gasteiger partial charge in [-0.3, -0.25) is 24.6 Å². The number of nitrogens with one attached hydrogen (secondary N) is 2. The number of carboxylic acids is 1. The topological polar surface area (TPSA) is 98.7 Å². The predicted molar refractivity (Wildman–Crippen MR) is 96.8 cm³/mol. The number of hydrogen-bond acceptors (Lipinski definition) is 5. The maximum atomic E-state index is 14.6. The van der Waals surface area contributed by atoms with E-state index in [9.17, 15) is 18.8 Å². The summed E-state index contributed by atoms with van der Waals surface area (Å²) in [7, 11) is 0. The van der Waals surface area contributed by atoms with Crippen LogP contribution in [0.25, 0.3) is 0 Å². The van der Waals surface area contributed by atoms with E-state index in [0.717, 1.165) is 0 Å². The lowest BCUT2D eigenvalue weighted by Gasteiger charge is -2.34. The van der Waals surface area contributed by atoms with Gasteiger partial charge in [-0.25, -0.2) is 4.39 Å². The van der Waals surface area contributed by atoms with Crippen molar-refractivity contribution in [3.63, 3.8) is 0 Å². The van der Waals surface area contributed by atoms with Gasteiger partial charge >= 0.3 is 5.97 Å². The van der Waals surface area contributed by atoms with Gasteiger partial charge in [0.05, 0.1) is 0 Å². The standard InChI is InChI=1S/C19H24FN3O4/c1-11(19(26)27)23-8-6-12(7-9-23)14-3-2-13(10-15(14)20)21-16-4-5-17(24)22-18(16)25/h2-3,10-12,16,21H,4-9H2,1H3,(H,26,27)(H,22,24,25). The molecule has 0 aliphatic carbocycles. The zero-order valence-corrected chi connectivity index (χ0v) is 15.2. The lowest BCUT2D eigenvalue weighted by Crippen LogP contribution is -2.47. The lowest BCUT2D eigenvalue weighted by molar-refractivity contribution is -0.143. The van der Waals surface area contributed by atoms with E-state index >= 15 is 0 Å². The Labute approximate surface area is 156 Å². The third kappa shape index (κ3) is 4.44. The van der Waals surface area contributed by atoms with Crippen molar-refractivity contribution in [2.45, 2.75) is 50.6 Å². The molecule has 2 aliphatic rings. The molecule has 1 aromatic carbocycles. The fourth-order valence-electron chi connectivity index (χ4n) is 3.73. The monoisotopic (exact) mass is 377 g/mol. The van der Waals surface area contributed by atoms with Gasteiger partial charge in [0, 0.05) is 12.1 Å². The van der Waals surface area contributed by atoms with Gasteiger partial charge in [-0.15, -0.1) is 0 Å². The molecule has 2 fully saturated rings. The van der Waals surface area contributed by atoms with Crippen LogP contribution < -0.4 is 10.6 Å². The van der Waals surface area contributed by atoms with Crippen LogP contribution in [-0.2, 0) is 14.4 Å². The number of carbonyl (C=O) groups excluding carboxylic acids is 2. The highest BCUT2D eigenvalue weighted by Gasteiger charge is 2.29. The van der Waals surface area contributed by atoms with E-state index in [1.807, 2.05) is 4.90 Å². The molecule has 2 amide bonds. The molecule has 2 unspecified atom stereocenters. The van der Waals surface area contributed by atoms with Gasteiger partial charge in [0.15, 0.2) is 0 Å². The first-order valence-electron chi connectivity index (χ1n) is 9.21. The smallest absolute Gasteiger partial charge is 0.320 e. The van der Waals surface area contributed by atoms with Crippen LogP contribution in [0.3, 0.4) is 0 Å². The van der Waals surface area contributed by atoms with Crippen molar-refractivity contribution in [2.24, 2.45) is 0 Å². The van der Waals surface area contributed by atoms with Crippen LogP contribution in [0.1, 0.15) is 44.1 Å². The molecule has 0 bridgehead atoms. The van der Waals surface area contributed by atoms with Crippen LogP contribution in [0.5, 0.6) is 0 Å². The highest BCUT2D eigenvalue weighted by atomic mass is 19.1. The number of benzene rings is 1. The number of carboxylic acid groups (broad SMARTS) is 1. The number of piperidine rings is 2. The largest absolute Gasteiger partial charge is 0.480 e. The van der Waals surface area contributed by atoms with Crippen LogP contribution in [0, 0.1) is 5.82 Å². The second-order valence-electron chi connectivity index (χ2n) is 7.21. The number of imide groups is 1. The van der Waals surface area contributed by atoms with Crippen molar-refractivity contribution in [2.75, 3.05) is 18.4 Å². The quantitative estimate of drug-likeness (QED) is 0.676. The van der Waals surface area contributed by atoms with E-state index in [-0.39, 0.29) is 24.1 Å². The molecule has 0 radical (unpaired) electrons. The fraction of sp³-hybridized carbons (Fsp3) is 0.526. The zero-order chi connectivity index (χ0) is 19.6. The minimum absolute atomic E-state index is 0.0481. The van der Waals surface area contributed by atoms with Gasteiger partial charge in [0.1, 0.15) is 17.9 Å². The van der Waals surface area contributed by atoms with Crippen LogP contribution in [-0.4, -0.2) is 53.0 Å². The fourth-order valence-corrected chi connectivity index (χ4v) is 3.73. The summed E-state index contributed by atoms with van der Waals surface area (Å²) in [6.07, 6.45) is 2.05. The molecule has 3 N–H and O–H groups in total. The summed E-state index contributed by atoms with van der Waals surface area (Å²) in [5.74, 6) is -1.81. The first kappa shape index (κ1) is 19.3. The van der Waals surface area contributed by atoms with E-state index in [0.29, 0.717) is 43.6 Å². The van der Waals surface area contributed by atoms with Crippen molar-refractivity contribution < 1.29 is 23.9 Å². The predicted octanol–water partition coefficient (Wildman–Crippen LogP) is 1.70. The molecule has 8 heteroatoms. The summed E-state index contributed by atoms with van der Waals surface area (Å²) in [5, 5.41) is 14.4. The Balaban J connectivity index is 1.61. The van der Waals surface area contributed by atoms with E-state index in [1.165, 1.54) is 6.07 Å². The summed E-state index contributed by atoms with van der Waals surface area (Å²) in [6.45, 7) is 2.90. The Morgan fingerprint density at radius 3 is 2.59 bits per heavy atom. The summed E-state index contributed by atoms with van der Waals surface area (Å²) in [4.78, 5) is 36.0. The molecule has 0 saturated carbocycles. The minimum Gasteiger partial charge on any atom is -0.480 e. The van der Waals surface area contributed by atoms with E-state index in [4.69, 9.17) is 5.11 Å². The molecule has 1 aromatic rings. The summed E-state index contributed by atoms with van der Waals surface area (Å²) >= 11 is 0. The maximum absolute atomic E-state index is 14.6. The highest BCUT2D eigenvalue weighted by Crippen LogP contribution is 2.32. The number of rotatable bonds is 5. The lowest BCUT2D eigenvalue weighted by atomic mass is 9.88. The number of anilines is 1. The summed E-state index contributed by atoms with van der Waals surface area (Å²) in [5.41, 5.74) is 1.12. The molecule has 2 heterocycles. The third-order valence-electron chi connectivity index (χ3n) is 5.46. The van der Waals surface area contributed by atoms with Gasteiger partial charge in [0.25, 0.3) is 0 Å². The number of likely N-dealkylation sites (tertiary alicyclic amines) is 1. The number of nitrogens with zero attached hydrogens (tertiary/aromatic N) is 1. The van der Waals surface area contributed by atoms with Gasteiger partial charge in [-0.05, 0) is 62.9 Å². The van der Waals surface area contributed by atoms with Gasteiger partial charge < -0.3 is 10.4 Å². The Morgan fingerprint density at radius 2 is 2.00 bits per heavy atom. The third-order valence-corrected chi connectivity index (χ3v) is 5.46. The van der Waals surface area contributed by atoms with E-state index in [2.05, 4.69) is 10.6 Å². The number of aliphatic carboxylic acids is 1. The van der Waals surface area contributed by atoms with Crippen molar-refractivity contribution in [1.82, 2.24) is 10.2 Å². The number of halogens is 1. The Kier molecular flexibility index (Phi) is 5.74. The zero-order valence-electron chi connectivity index (χ0n) is 15.2. The molecule has 2 saturated heterocycles. The SMILES string of the molecule is CC(C(=O)O)N1CCC(c2ccc(NC3CCC(=O)NC3=O)cc2F)CC1. The Bertz CT molecular complexity index is 746. The van der Waals surface area contributed by atoms with Crippen LogP contribution in [0.4, 0.5) is 10.1 Å². The molecule has 3 rings (SSSR count). The number of hydrogen-bond donors (Lipinski definition) is 3. The molecular formula is C19H24FN3O4. The van der Waals surface area contributed by atoms with Crippen LogP contribution in [0.2, 0.25) is 0 Å². The molecular weight excluding hydrogens is 353 g/mol. The molecule has 27 heavy (non-hydrogen) atoms. The average molecular weight is 377 g/mol. The minimum atomic E-state index is -0.844. The average Bonchev–Trinajstić information content (AvgIpc) is 2.64. The van der Waals surface area contributed by atoms with Crippen molar-refractivity contribution >= 4 is 23.5 Å². The highest BCUT2D eigenvalue weighted by molar-refractivity contribution is 6.01. The Hall–Kier alpha value is -2.48. The maximum Gasteiger partial charge on any atom is 0.320 e. The second-order valence-corrected chi connectivity index (χ2v) is 7.21. The van der Waals surface area contributed by atoms with Gasteiger partial charge in [-0.2, -0.15) is 0 Å². The molecule has 0 spiro atoms.